The molecule has 0 bridgehead atoms. The Morgan fingerprint density at radius 1 is 1.16 bits per heavy atom. The topological polar surface area (TPSA) is 55.2 Å². The van der Waals surface area contributed by atoms with Crippen LogP contribution in [0.2, 0.25) is 0 Å². The van der Waals surface area contributed by atoms with Gasteiger partial charge in [0.25, 0.3) is 0 Å². The van der Waals surface area contributed by atoms with Crippen LogP contribution in [0.5, 0.6) is 5.88 Å². The minimum absolute atomic E-state index is 0.113. The maximum atomic E-state index is 13.0. The van der Waals surface area contributed by atoms with Crippen molar-refractivity contribution in [3.05, 3.63) is 53.5 Å². The van der Waals surface area contributed by atoms with E-state index in [2.05, 4.69) is 9.97 Å². The monoisotopic (exact) mass is 266 g/mol. The maximum Gasteiger partial charge on any atom is 0.216 e. The molecule has 0 spiro atoms. The lowest BCUT2D eigenvalue weighted by Gasteiger charge is -2.11. The molecule has 2 rings (SSSR count). The lowest BCUT2D eigenvalue weighted by atomic mass is 10.0. The minimum Gasteiger partial charge on any atom is -0.481 e. The van der Waals surface area contributed by atoms with Crippen LogP contribution in [0.3, 0.4) is 0 Å². The summed E-state index contributed by atoms with van der Waals surface area (Å²) in [5, 5.41) is 9.95. The molecular weight excluding hydrogens is 254 g/mol. The Morgan fingerprint density at radius 2 is 1.84 bits per heavy atom. The van der Waals surface area contributed by atoms with Crippen LogP contribution in [0.4, 0.5) is 8.78 Å². The maximum absolute atomic E-state index is 13.0. The van der Waals surface area contributed by atoms with Crippen molar-refractivity contribution < 1.29 is 18.6 Å². The minimum atomic E-state index is -1.05. The van der Waals surface area contributed by atoms with Crippen LogP contribution >= 0.6 is 0 Å². The molecule has 1 unspecified atom stereocenters. The van der Waals surface area contributed by atoms with Crippen LogP contribution in [0.1, 0.15) is 17.4 Å². The second-order valence-corrected chi connectivity index (χ2v) is 3.97. The fourth-order valence-electron chi connectivity index (χ4n) is 1.68. The van der Waals surface area contributed by atoms with E-state index in [0.717, 1.165) is 18.2 Å². The third kappa shape index (κ3) is 3.45. The van der Waals surface area contributed by atoms with Gasteiger partial charge in [0, 0.05) is 18.6 Å². The molecule has 1 N–H and O–H groups in total. The summed E-state index contributed by atoms with van der Waals surface area (Å²) in [4.78, 5) is 7.79. The summed E-state index contributed by atoms with van der Waals surface area (Å²) in [6.45, 7) is 0. The average Bonchev–Trinajstić information content (AvgIpc) is 2.37. The van der Waals surface area contributed by atoms with Gasteiger partial charge in [0.1, 0.15) is 18.0 Å². The van der Waals surface area contributed by atoms with Gasteiger partial charge in [-0.05, 0) is 17.7 Å². The highest BCUT2D eigenvalue weighted by atomic mass is 19.1. The van der Waals surface area contributed by atoms with E-state index in [1.54, 1.807) is 6.07 Å². The average molecular weight is 266 g/mol. The molecule has 4 nitrogen and oxygen atoms in total. The number of aliphatic hydroxyl groups excluding tert-OH is 1. The van der Waals surface area contributed by atoms with Crippen LogP contribution in [-0.2, 0) is 6.42 Å². The van der Waals surface area contributed by atoms with Crippen molar-refractivity contribution in [1.29, 1.82) is 0 Å². The van der Waals surface area contributed by atoms with E-state index in [4.69, 9.17) is 4.74 Å². The SMILES string of the molecule is COc1cc(CC(O)c2cc(F)cc(F)c2)ncn1. The molecule has 1 heterocycles. The molecule has 1 aromatic carbocycles. The molecular formula is C13H12F2N2O2. The fourth-order valence-corrected chi connectivity index (χ4v) is 1.68. The molecule has 0 saturated heterocycles. The van der Waals surface area contributed by atoms with Crippen LogP contribution in [0, 0.1) is 11.6 Å². The number of hydrogen-bond acceptors (Lipinski definition) is 4. The number of ether oxygens (including phenoxy) is 1. The number of methoxy groups -OCH3 is 1. The standard InChI is InChI=1S/C13H12F2N2O2/c1-19-13-6-11(16-7-17-13)5-12(18)8-2-9(14)4-10(15)3-8/h2-4,6-7,12,18H,5H2,1H3. The first-order valence-electron chi connectivity index (χ1n) is 5.57. The van der Waals surface area contributed by atoms with Gasteiger partial charge in [0.15, 0.2) is 0 Å². The Hall–Kier alpha value is -2.08. The Kier molecular flexibility index (Phi) is 4.01. The Morgan fingerprint density at radius 3 is 2.47 bits per heavy atom. The van der Waals surface area contributed by atoms with Gasteiger partial charge in [-0.15, -0.1) is 0 Å². The quantitative estimate of drug-likeness (QED) is 0.920. The van der Waals surface area contributed by atoms with Crippen molar-refractivity contribution in [2.24, 2.45) is 0 Å². The molecule has 0 aliphatic heterocycles. The van der Waals surface area contributed by atoms with Crippen molar-refractivity contribution in [3.8, 4) is 5.88 Å². The molecule has 0 amide bonds. The van der Waals surface area contributed by atoms with Crippen LogP contribution in [0.15, 0.2) is 30.6 Å². The van der Waals surface area contributed by atoms with Gasteiger partial charge in [-0.3, -0.25) is 0 Å². The van der Waals surface area contributed by atoms with E-state index < -0.39 is 17.7 Å². The van der Waals surface area contributed by atoms with Crippen LogP contribution in [-0.4, -0.2) is 22.2 Å². The molecule has 100 valence electrons. The number of halogens is 2. The first-order chi connectivity index (χ1) is 9.08. The van der Waals surface area contributed by atoms with Gasteiger partial charge in [-0.25, -0.2) is 18.7 Å². The predicted octanol–water partition coefficient (Wildman–Crippen LogP) is 2.04. The number of hydrogen-bond donors (Lipinski definition) is 1. The zero-order valence-corrected chi connectivity index (χ0v) is 10.2. The third-order valence-corrected chi connectivity index (χ3v) is 2.58. The van der Waals surface area contributed by atoms with Crippen LogP contribution < -0.4 is 4.74 Å². The molecule has 0 aliphatic rings. The van der Waals surface area contributed by atoms with Crippen molar-refractivity contribution >= 4 is 0 Å². The van der Waals surface area contributed by atoms with Gasteiger partial charge in [0.2, 0.25) is 5.88 Å². The first kappa shape index (κ1) is 13.4. The van der Waals surface area contributed by atoms with Gasteiger partial charge >= 0.3 is 0 Å². The first-order valence-corrected chi connectivity index (χ1v) is 5.57. The lowest BCUT2D eigenvalue weighted by Crippen LogP contribution is -2.05. The highest BCUT2D eigenvalue weighted by Gasteiger charge is 2.12. The van der Waals surface area contributed by atoms with Gasteiger partial charge < -0.3 is 9.84 Å². The number of nitrogens with zero attached hydrogens (tertiary/aromatic N) is 2. The molecule has 2 aromatic rings. The molecule has 1 aromatic heterocycles. The highest BCUT2D eigenvalue weighted by Crippen LogP contribution is 2.20. The smallest absolute Gasteiger partial charge is 0.216 e. The van der Waals surface area contributed by atoms with Crippen molar-refractivity contribution in [2.45, 2.75) is 12.5 Å². The largest absolute Gasteiger partial charge is 0.481 e. The number of rotatable bonds is 4. The van der Waals surface area contributed by atoms with Crippen molar-refractivity contribution in [2.75, 3.05) is 7.11 Å². The van der Waals surface area contributed by atoms with Gasteiger partial charge in [0.05, 0.1) is 18.9 Å². The predicted molar refractivity (Wildman–Crippen MR) is 63.6 cm³/mol. The second kappa shape index (κ2) is 5.71. The summed E-state index contributed by atoms with van der Waals surface area (Å²) >= 11 is 0. The third-order valence-electron chi connectivity index (χ3n) is 2.58. The summed E-state index contributed by atoms with van der Waals surface area (Å²) in [6, 6.07) is 4.49. The van der Waals surface area contributed by atoms with E-state index in [1.807, 2.05) is 0 Å². The summed E-state index contributed by atoms with van der Waals surface area (Å²) in [5.41, 5.74) is 0.680. The Bertz CT molecular complexity index is 558. The Labute approximate surface area is 108 Å². The Balaban J connectivity index is 2.17. The van der Waals surface area contributed by atoms with E-state index in [0.29, 0.717) is 11.6 Å². The molecule has 0 radical (unpaired) electrons. The van der Waals surface area contributed by atoms with E-state index in [-0.39, 0.29) is 12.0 Å². The zero-order valence-electron chi connectivity index (χ0n) is 10.2. The summed E-state index contributed by atoms with van der Waals surface area (Å²) in [7, 11) is 1.46. The lowest BCUT2D eigenvalue weighted by molar-refractivity contribution is 0.176. The summed E-state index contributed by atoms with van der Waals surface area (Å²) in [5.74, 6) is -1.09. The molecule has 6 heteroatoms. The second-order valence-electron chi connectivity index (χ2n) is 3.97. The van der Waals surface area contributed by atoms with E-state index in [1.165, 1.54) is 13.4 Å². The van der Waals surface area contributed by atoms with Crippen molar-refractivity contribution in [3.63, 3.8) is 0 Å². The highest BCUT2D eigenvalue weighted by molar-refractivity contribution is 5.22. The van der Waals surface area contributed by atoms with Crippen LogP contribution in [0.25, 0.3) is 0 Å². The van der Waals surface area contributed by atoms with Gasteiger partial charge in [-0.2, -0.15) is 0 Å². The molecule has 0 saturated carbocycles. The molecule has 0 fully saturated rings. The number of benzene rings is 1. The normalized spacial score (nSPS) is 12.2. The number of aromatic nitrogens is 2. The molecule has 0 aliphatic carbocycles. The fraction of sp³-hybridized carbons (Fsp3) is 0.231. The molecule has 19 heavy (non-hydrogen) atoms. The number of aliphatic hydroxyl groups is 1. The van der Waals surface area contributed by atoms with Crippen molar-refractivity contribution in [1.82, 2.24) is 9.97 Å². The van der Waals surface area contributed by atoms with E-state index in [9.17, 15) is 13.9 Å². The van der Waals surface area contributed by atoms with Gasteiger partial charge in [-0.1, -0.05) is 0 Å². The van der Waals surface area contributed by atoms with E-state index >= 15 is 0 Å². The summed E-state index contributed by atoms with van der Waals surface area (Å²) < 4.78 is 31.0. The summed E-state index contributed by atoms with van der Waals surface area (Å²) in [6.07, 6.45) is 0.360. The zero-order chi connectivity index (χ0) is 13.8. The molecule has 1 atom stereocenters.